The summed E-state index contributed by atoms with van der Waals surface area (Å²) in [7, 11) is 3.24. The van der Waals surface area contributed by atoms with Crippen LogP contribution < -0.4 is 25.4 Å². The lowest BCUT2D eigenvalue weighted by Crippen LogP contribution is -2.50. The molecule has 0 saturated carbocycles. The zero-order valence-corrected chi connectivity index (χ0v) is 16.9. The molecule has 148 valence electrons. The van der Waals surface area contributed by atoms with Gasteiger partial charge in [0.25, 0.3) is 0 Å². The van der Waals surface area contributed by atoms with Crippen molar-refractivity contribution in [3.05, 3.63) is 35.9 Å². The summed E-state index contributed by atoms with van der Waals surface area (Å²) in [6, 6.07) is 3.67. The number of ether oxygens (including phenoxy) is 2. The van der Waals surface area contributed by atoms with Crippen LogP contribution >= 0.6 is 12.2 Å². The number of rotatable bonds is 7. The minimum Gasteiger partial charge on any atom is -0.493 e. The molecular formula is C19H28N4O3S. The minimum atomic E-state index is -0.199. The molecule has 0 bridgehead atoms. The van der Waals surface area contributed by atoms with E-state index in [1.807, 2.05) is 19.1 Å². The average Bonchev–Trinajstić information content (AvgIpc) is 2.68. The molecule has 1 unspecified atom stereocenters. The Bertz CT molecular complexity index is 696. The highest BCUT2D eigenvalue weighted by Gasteiger charge is 2.30. The van der Waals surface area contributed by atoms with Gasteiger partial charge in [0.1, 0.15) is 0 Å². The molecule has 27 heavy (non-hydrogen) atoms. The van der Waals surface area contributed by atoms with Crippen LogP contribution in [0.3, 0.4) is 0 Å². The predicted molar refractivity (Wildman–Crippen MR) is 111 cm³/mol. The molecule has 0 aliphatic carbocycles. The predicted octanol–water partition coefficient (Wildman–Crippen LogP) is 1.98. The van der Waals surface area contributed by atoms with Crippen LogP contribution in [0.25, 0.3) is 0 Å². The number of methoxy groups -OCH3 is 2. The fraction of sp³-hybridized carbons (Fsp3) is 0.474. The second-order valence-electron chi connectivity index (χ2n) is 6.08. The molecule has 1 aromatic rings. The first-order valence-electron chi connectivity index (χ1n) is 8.97. The molecule has 1 aliphatic heterocycles. The van der Waals surface area contributed by atoms with E-state index in [0.29, 0.717) is 36.2 Å². The third kappa shape index (κ3) is 5.03. The van der Waals surface area contributed by atoms with Crippen LogP contribution in [0.4, 0.5) is 4.79 Å². The van der Waals surface area contributed by atoms with Crippen molar-refractivity contribution in [2.24, 2.45) is 0 Å². The lowest BCUT2D eigenvalue weighted by molar-refractivity contribution is 0.233. The molecule has 0 saturated heterocycles. The highest BCUT2D eigenvalue weighted by Crippen LogP contribution is 2.37. The van der Waals surface area contributed by atoms with E-state index in [9.17, 15) is 4.79 Å². The lowest BCUT2D eigenvalue weighted by atomic mass is 9.92. The molecule has 1 heterocycles. The van der Waals surface area contributed by atoms with E-state index in [1.165, 1.54) is 0 Å². The number of benzene rings is 1. The van der Waals surface area contributed by atoms with Gasteiger partial charge in [0.05, 0.1) is 20.3 Å². The van der Waals surface area contributed by atoms with E-state index >= 15 is 0 Å². The van der Waals surface area contributed by atoms with Gasteiger partial charge in [0.15, 0.2) is 16.6 Å². The number of hydrogen-bond acceptors (Lipinski definition) is 4. The fourth-order valence-corrected chi connectivity index (χ4v) is 3.47. The molecule has 7 nitrogen and oxygen atoms in total. The van der Waals surface area contributed by atoms with E-state index in [1.54, 1.807) is 20.3 Å². The van der Waals surface area contributed by atoms with Crippen molar-refractivity contribution in [1.82, 2.24) is 20.9 Å². The third-order valence-electron chi connectivity index (χ3n) is 4.45. The Morgan fingerprint density at radius 3 is 2.63 bits per heavy atom. The van der Waals surface area contributed by atoms with Gasteiger partial charge in [0.2, 0.25) is 0 Å². The molecule has 1 aromatic carbocycles. The summed E-state index contributed by atoms with van der Waals surface area (Å²) in [4.78, 5) is 14.0. The number of thiocarbonyl (C=S) groups is 1. The largest absolute Gasteiger partial charge is 0.493 e. The molecule has 2 rings (SSSR count). The minimum absolute atomic E-state index is 0.110. The Balaban J connectivity index is 2.34. The number of hydrogen-bond donors (Lipinski definition) is 3. The standard InChI is InChI=1S/C19H28N4O3S/c1-5-8-21-19(27)23-9-7-13-10-16(25-3)17(26-4)11-14(13)15(23)12-22-18(24)20-6-2/h5,10-11,15H,1,6-9,12H2,2-4H3,(H,21,27)(H2,20,22,24). The number of nitrogens with zero attached hydrogens (tertiary/aromatic N) is 1. The van der Waals surface area contributed by atoms with Crippen molar-refractivity contribution < 1.29 is 14.3 Å². The number of fused-ring (bicyclic) bond motifs is 1. The molecular weight excluding hydrogens is 364 g/mol. The molecule has 8 heteroatoms. The number of nitrogens with one attached hydrogen (secondary N) is 3. The summed E-state index contributed by atoms with van der Waals surface area (Å²) >= 11 is 5.57. The van der Waals surface area contributed by atoms with E-state index < -0.39 is 0 Å². The van der Waals surface area contributed by atoms with E-state index in [4.69, 9.17) is 21.7 Å². The van der Waals surface area contributed by atoms with Gasteiger partial charge >= 0.3 is 6.03 Å². The second kappa shape index (κ2) is 10.0. The first-order chi connectivity index (χ1) is 13.0. The molecule has 3 N–H and O–H groups in total. The summed E-state index contributed by atoms with van der Waals surface area (Å²) < 4.78 is 10.9. The van der Waals surface area contributed by atoms with Gasteiger partial charge in [0, 0.05) is 26.2 Å². The van der Waals surface area contributed by atoms with Crippen LogP contribution in [0.1, 0.15) is 24.1 Å². The SMILES string of the molecule is C=CCNC(=S)N1CCc2cc(OC)c(OC)cc2C1CNC(=O)NCC. The van der Waals surface area contributed by atoms with Gasteiger partial charge in [-0.1, -0.05) is 6.08 Å². The molecule has 1 atom stereocenters. The van der Waals surface area contributed by atoms with Gasteiger partial charge in [-0.25, -0.2) is 4.79 Å². The Kier molecular flexibility index (Phi) is 7.72. The molecule has 1 aliphatic rings. The van der Waals surface area contributed by atoms with Gasteiger partial charge in [-0.05, 0) is 48.8 Å². The van der Waals surface area contributed by atoms with E-state index in [-0.39, 0.29) is 12.1 Å². The number of amides is 2. The van der Waals surface area contributed by atoms with Gasteiger partial charge in [-0.15, -0.1) is 6.58 Å². The zero-order chi connectivity index (χ0) is 19.8. The quantitative estimate of drug-likeness (QED) is 0.487. The molecule has 2 amide bonds. The van der Waals surface area contributed by atoms with Crippen LogP contribution in [0.2, 0.25) is 0 Å². The van der Waals surface area contributed by atoms with Crippen molar-refractivity contribution in [3.63, 3.8) is 0 Å². The van der Waals surface area contributed by atoms with Gasteiger partial charge < -0.3 is 30.3 Å². The maximum Gasteiger partial charge on any atom is 0.314 e. The van der Waals surface area contributed by atoms with Crippen LogP contribution in [0.5, 0.6) is 11.5 Å². The normalized spacial score (nSPS) is 15.4. The molecule has 0 spiro atoms. The Hall–Kier alpha value is -2.48. The topological polar surface area (TPSA) is 74.9 Å². The number of urea groups is 1. The van der Waals surface area contributed by atoms with Crippen LogP contribution in [0, 0.1) is 0 Å². The third-order valence-corrected chi connectivity index (χ3v) is 4.83. The van der Waals surface area contributed by atoms with Gasteiger partial charge in [-0.3, -0.25) is 0 Å². The van der Waals surface area contributed by atoms with Crippen LogP contribution in [0.15, 0.2) is 24.8 Å². The number of carbonyl (C=O) groups is 1. The van der Waals surface area contributed by atoms with E-state index in [0.717, 1.165) is 24.1 Å². The molecule has 0 radical (unpaired) electrons. The van der Waals surface area contributed by atoms with Crippen LogP contribution in [-0.2, 0) is 6.42 Å². The maximum atomic E-state index is 11.9. The molecule has 0 aromatic heterocycles. The van der Waals surface area contributed by atoms with Gasteiger partial charge in [-0.2, -0.15) is 0 Å². The maximum absolute atomic E-state index is 11.9. The Labute approximate surface area is 166 Å². The second-order valence-corrected chi connectivity index (χ2v) is 6.47. The van der Waals surface area contributed by atoms with Crippen LogP contribution in [-0.4, -0.2) is 56.4 Å². The zero-order valence-electron chi connectivity index (χ0n) is 16.1. The summed E-state index contributed by atoms with van der Waals surface area (Å²) in [5.41, 5.74) is 2.23. The van der Waals surface area contributed by atoms with Crippen molar-refractivity contribution >= 4 is 23.4 Å². The van der Waals surface area contributed by atoms with Crippen molar-refractivity contribution in [3.8, 4) is 11.5 Å². The summed E-state index contributed by atoms with van der Waals surface area (Å²) in [5, 5.41) is 9.50. The average molecular weight is 393 g/mol. The van der Waals surface area contributed by atoms with Crippen molar-refractivity contribution in [2.45, 2.75) is 19.4 Å². The summed E-state index contributed by atoms with van der Waals surface area (Å²) in [5.74, 6) is 1.36. The fourth-order valence-electron chi connectivity index (χ4n) is 3.16. The van der Waals surface area contributed by atoms with Crippen molar-refractivity contribution in [2.75, 3.05) is 40.4 Å². The Morgan fingerprint density at radius 1 is 1.30 bits per heavy atom. The summed E-state index contributed by atoms with van der Waals surface area (Å²) in [6.07, 6.45) is 2.59. The first-order valence-corrected chi connectivity index (χ1v) is 9.38. The first kappa shape index (κ1) is 20.8. The summed E-state index contributed by atoms with van der Waals surface area (Å²) in [6.45, 7) is 7.92. The highest BCUT2D eigenvalue weighted by atomic mass is 32.1. The van der Waals surface area contributed by atoms with Crippen molar-refractivity contribution in [1.29, 1.82) is 0 Å². The van der Waals surface area contributed by atoms with E-state index in [2.05, 4.69) is 27.4 Å². The lowest BCUT2D eigenvalue weighted by Gasteiger charge is -2.39. The highest BCUT2D eigenvalue weighted by molar-refractivity contribution is 7.80. The smallest absolute Gasteiger partial charge is 0.314 e. The number of carbonyl (C=O) groups excluding carboxylic acids is 1. The monoisotopic (exact) mass is 392 g/mol. The molecule has 0 fully saturated rings. The Morgan fingerprint density at radius 2 is 2.00 bits per heavy atom.